The zero-order chi connectivity index (χ0) is 11.0. The van der Waals surface area contributed by atoms with E-state index >= 15 is 0 Å². The molecule has 0 aliphatic carbocycles. The number of nitrogens with zero attached hydrogens (tertiary/aromatic N) is 3. The number of hydrogen-bond acceptors (Lipinski definition) is 5. The Kier molecular flexibility index (Phi) is 2.49. The van der Waals surface area contributed by atoms with Crippen LogP contribution in [0, 0.1) is 6.92 Å². The van der Waals surface area contributed by atoms with Crippen molar-refractivity contribution in [2.75, 3.05) is 31.1 Å². The molecule has 1 aliphatic rings. The molecule has 2 aromatic heterocycles. The Hall–Kier alpha value is -1.20. The van der Waals surface area contributed by atoms with Crippen molar-refractivity contribution in [2.45, 2.75) is 6.92 Å². The quantitative estimate of drug-likeness (QED) is 0.810. The summed E-state index contributed by atoms with van der Waals surface area (Å²) in [5, 5.41) is 4.49. The molecule has 1 saturated heterocycles. The third-order valence-corrected chi connectivity index (χ3v) is 3.74. The van der Waals surface area contributed by atoms with Crippen molar-refractivity contribution in [3.8, 4) is 0 Å². The molecular weight excluding hydrogens is 220 g/mol. The highest BCUT2D eigenvalue weighted by Crippen LogP contribution is 2.24. The van der Waals surface area contributed by atoms with Crippen LogP contribution in [-0.4, -0.2) is 36.1 Å². The topological polar surface area (TPSA) is 41.1 Å². The number of aromatic nitrogens is 2. The summed E-state index contributed by atoms with van der Waals surface area (Å²) in [6, 6.07) is 2.14. The first-order valence-electron chi connectivity index (χ1n) is 5.52. The van der Waals surface area contributed by atoms with E-state index in [4.69, 9.17) is 0 Å². The normalized spacial score (nSPS) is 16.9. The lowest BCUT2D eigenvalue weighted by molar-refractivity contribution is 0.580. The predicted octanol–water partition coefficient (Wildman–Crippen LogP) is 1.41. The van der Waals surface area contributed by atoms with Crippen molar-refractivity contribution in [3.05, 3.63) is 17.1 Å². The summed E-state index contributed by atoms with van der Waals surface area (Å²) in [4.78, 5) is 13.7. The van der Waals surface area contributed by atoms with Crippen molar-refractivity contribution in [1.29, 1.82) is 0 Å². The average Bonchev–Trinajstić information content (AvgIpc) is 2.69. The molecule has 0 spiro atoms. The Labute approximate surface area is 98.3 Å². The van der Waals surface area contributed by atoms with Crippen LogP contribution in [0.5, 0.6) is 0 Å². The number of nitrogens with one attached hydrogen (secondary N) is 1. The molecule has 4 nitrogen and oxygen atoms in total. The fourth-order valence-corrected chi connectivity index (χ4v) is 2.81. The van der Waals surface area contributed by atoms with Crippen molar-refractivity contribution >= 4 is 27.5 Å². The Morgan fingerprint density at radius 3 is 3.00 bits per heavy atom. The number of piperazine rings is 1. The second-order valence-electron chi connectivity index (χ2n) is 4.02. The van der Waals surface area contributed by atoms with E-state index in [0.717, 1.165) is 42.3 Å². The predicted molar refractivity (Wildman–Crippen MR) is 67.2 cm³/mol. The summed E-state index contributed by atoms with van der Waals surface area (Å²) in [7, 11) is 0. The molecule has 1 aliphatic heterocycles. The second-order valence-corrected chi connectivity index (χ2v) is 5.26. The summed E-state index contributed by atoms with van der Waals surface area (Å²) in [5.41, 5.74) is 0. The van der Waals surface area contributed by atoms with E-state index < -0.39 is 0 Å². The molecule has 1 N–H and O–H groups in total. The van der Waals surface area contributed by atoms with Crippen LogP contribution in [-0.2, 0) is 0 Å². The lowest BCUT2D eigenvalue weighted by Crippen LogP contribution is -2.44. The van der Waals surface area contributed by atoms with Crippen LogP contribution in [0.4, 0.5) is 5.95 Å². The zero-order valence-electron chi connectivity index (χ0n) is 9.23. The van der Waals surface area contributed by atoms with Gasteiger partial charge in [-0.25, -0.2) is 9.97 Å². The van der Waals surface area contributed by atoms with Gasteiger partial charge in [-0.3, -0.25) is 0 Å². The SMILES string of the molecule is Cc1cc2cnc(N3CCNCC3)nc2s1. The van der Waals surface area contributed by atoms with Crippen LogP contribution >= 0.6 is 11.3 Å². The first-order valence-corrected chi connectivity index (χ1v) is 6.33. The molecule has 3 heterocycles. The Morgan fingerprint density at radius 1 is 1.38 bits per heavy atom. The van der Waals surface area contributed by atoms with Gasteiger partial charge in [0.1, 0.15) is 4.83 Å². The molecule has 0 amide bonds. The van der Waals surface area contributed by atoms with E-state index in [9.17, 15) is 0 Å². The molecule has 0 radical (unpaired) electrons. The summed E-state index contributed by atoms with van der Waals surface area (Å²) >= 11 is 1.74. The van der Waals surface area contributed by atoms with Crippen LogP contribution < -0.4 is 10.2 Å². The first kappa shape index (κ1) is 9.99. The molecule has 2 aromatic rings. The van der Waals surface area contributed by atoms with Crippen LogP contribution in [0.3, 0.4) is 0 Å². The number of anilines is 1. The van der Waals surface area contributed by atoms with Gasteiger partial charge in [0.2, 0.25) is 5.95 Å². The minimum Gasteiger partial charge on any atom is -0.338 e. The first-order chi connectivity index (χ1) is 7.83. The van der Waals surface area contributed by atoms with Gasteiger partial charge >= 0.3 is 0 Å². The van der Waals surface area contributed by atoms with Gasteiger partial charge in [-0.15, -0.1) is 11.3 Å². The largest absolute Gasteiger partial charge is 0.338 e. The summed E-state index contributed by atoms with van der Waals surface area (Å²) in [6.07, 6.45) is 1.93. The lowest BCUT2D eigenvalue weighted by Gasteiger charge is -2.27. The molecule has 1 fully saturated rings. The van der Waals surface area contributed by atoms with Crippen molar-refractivity contribution in [3.63, 3.8) is 0 Å². The van der Waals surface area contributed by atoms with E-state index in [1.165, 1.54) is 4.88 Å². The van der Waals surface area contributed by atoms with Crippen LogP contribution in [0.1, 0.15) is 4.88 Å². The van der Waals surface area contributed by atoms with Gasteiger partial charge in [0.15, 0.2) is 0 Å². The Morgan fingerprint density at radius 2 is 2.19 bits per heavy atom. The smallest absolute Gasteiger partial charge is 0.226 e. The maximum absolute atomic E-state index is 4.63. The van der Waals surface area contributed by atoms with E-state index in [1.54, 1.807) is 11.3 Å². The lowest BCUT2D eigenvalue weighted by atomic mass is 10.3. The van der Waals surface area contributed by atoms with Gasteiger partial charge in [-0.2, -0.15) is 0 Å². The van der Waals surface area contributed by atoms with Crippen LogP contribution in [0.2, 0.25) is 0 Å². The van der Waals surface area contributed by atoms with Gasteiger partial charge in [-0.1, -0.05) is 0 Å². The summed E-state index contributed by atoms with van der Waals surface area (Å²) in [5.74, 6) is 0.871. The minimum absolute atomic E-state index is 0.871. The molecule has 0 bridgehead atoms. The van der Waals surface area contributed by atoms with Gasteiger partial charge in [0, 0.05) is 42.6 Å². The van der Waals surface area contributed by atoms with Crippen LogP contribution in [0.15, 0.2) is 12.3 Å². The number of aryl methyl sites for hydroxylation is 1. The van der Waals surface area contributed by atoms with Gasteiger partial charge in [-0.05, 0) is 13.0 Å². The molecule has 5 heteroatoms. The monoisotopic (exact) mass is 234 g/mol. The maximum atomic E-state index is 4.63. The molecule has 0 atom stereocenters. The fraction of sp³-hybridized carbons (Fsp3) is 0.455. The highest BCUT2D eigenvalue weighted by molar-refractivity contribution is 7.18. The minimum atomic E-state index is 0.871. The second kappa shape index (κ2) is 3.99. The Balaban J connectivity index is 1.97. The molecule has 16 heavy (non-hydrogen) atoms. The van der Waals surface area contributed by atoms with E-state index in [2.05, 4.69) is 33.2 Å². The van der Waals surface area contributed by atoms with Crippen molar-refractivity contribution in [1.82, 2.24) is 15.3 Å². The number of hydrogen-bond donors (Lipinski definition) is 1. The number of rotatable bonds is 1. The van der Waals surface area contributed by atoms with Gasteiger partial charge in [0.25, 0.3) is 0 Å². The Bertz CT molecular complexity index is 502. The third-order valence-electron chi connectivity index (χ3n) is 2.78. The van der Waals surface area contributed by atoms with Crippen LogP contribution in [0.25, 0.3) is 10.2 Å². The standard InChI is InChI=1S/C11H14N4S/c1-8-6-9-7-13-11(14-10(9)16-8)15-4-2-12-3-5-15/h6-7,12H,2-5H2,1H3. The molecule has 0 saturated carbocycles. The number of thiophene rings is 1. The van der Waals surface area contributed by atoms with Gasteiger partial charge < -0.3 is 10.2 Å². The van der Waals surface area contributed by atoms with Crippen molar-refractivity contribution < 1.29 is 0 Å². The summed E-state index contributed by atoms with van der Waals surface area (Å²) < 4.78 is 0. The molecule has 0 aromatic carbocycles. The van der Waals surface area contributed by atoms with E-state index in [0.29, 0.717) is 0 Å². The molecule has 0 unspecified atom stereocenters. The van der Waals surface area contributed by atoms with Crippen molar-refractivity contribution in [2.24, 2.45) is 0 Å². The van der Waals surface area contributed by atoms with Gasteiger partial charge in [0.05, 0.1) is 0 Å². The average molecular weight is 234 g/mol. The summed E-state index contributed by atoms with van der Waals surface area (Å²) in [6.45, 7) is 6.14. The molecule has 3 rings (SSSR count). The molecule has 84 valence electrons. The molecular formula is C11H14N4S. The third kappa shape index (κ3) is 1.76. The van der Waals surface area contributed by atoms with E-state index in [1.807, 2.05) is 6.20 Å². The maximum Gasteiger partial charge on any atom is 0.226 e. The zero-order valence-corrected chi connectivity index (χ0v) is 10.0. The highest BCUT2D eigenvalue weighted by atomic mass is 32.1. The van der Waals surface area contributed by atoms with E-state index in [-0.39, 0.29) is 0 Å². The fourth-order valence-electron chi connectivity index (χ4n) is 1.97. The highest BCUT2D eigenvalue weighted by Gasteiger charge is 2.13. The number of fused-ring (bicyclic) bond motifs is 1.